The predicted molar refractivity (Wildman–Crippen MR) is 70.5 cm³/mol. The van der Waals surface area contributed by atoms with Gasteiger partial charge in [-0.3, -0.25) is 0 Å². The molecule has 0 aromatic carbocycles. The molecule has 2 heterocycles. The van der Waals surface area contributed by atoms with Crippen LogP contribution in [0.25, 0.3) is 0 Å². The number of methoxy groups -OCH3 is 1. The maximum atomic E-state index is 12.2. The quantitative estimate of drug-likeness (QED) is 0.776. The molecule has 2 saturated heterocycles. The number of carboxylic acids is 1. The van der Waals surface area contributed by atoms with Gasteiger partial charge in [-0.15, -0.1) is 0 Å². The molecule has 2 amide bonds. The Kier molecular flexibility index (Phi) is 4.82. The molecular formula is C13H22N2O5. The normalized spacial score (nSPS) is 27.6. The first-order valence-electron chi connectivity index (χ1n) is 6.94. The molecule has 0 aromatic heterocycles. The zero-order valence-corrected chi connectivity index (χ0v) is 11.8. The monoisotopic (exact) mass is 286 g/mol. The highest BCUT2D eigenvalue weighted by atomic mass is 16.5. The van der Waals surface area contributed by atoms with Gasteiger partial charge in [0, 0.05) is 39.8 Å². The SMILES string of the molecule is COCC1CCN(C(=O)NC2(C(=O)O)CCOC2)CC1. The third-order valence-electron chi connectivity index (χ3n) is 4.08. The van der Waals surface area contributed by atoms with E-state index in [0.29, 0.717) is 38.6 Å². The standard InChI is InChI=1S/C13H22N2O5/c1-19-8-10-2-5-15(6-3-10)12(18)14-13(11(16)17)4-7-20-9-13/h10H,2-9H2,1H3,(H,14,18)(H,16,17). The number of aliphatic carboxylic acids is 1. The lowest BCUT2D eigenvalue weighted by Gasteiger charge is -2.34. The number of urea groups is 1. The average molecular weight is 286 g/mol. The smallest absolute Gasteiger partial charge is 0.332 e. The zero-order chi connectivity index (χ0) is 14.6. The molecule has 1 unspecified atom stereocenters. The molecule has 2 rings (SSSR count). The minimum Gasteiger partial charge on any atom is -0.479 e. The number of rotatable bonds is 4. The van der Waals surface area contributed by atoms with Crippen LogP contribution in [0.3, 0.4) is 0 Å². The summed E-state index contributed by atoms with van der Waals surface area (Å²) in [7, 11) is 1.68. The van der Waals surface area contributed by atoms with Gasteiger partial charge in [-0.25, -0.2) is 9.59 Å². The highest BCUT2D eigenvalue weighted by molar-refractivity contribution is 5.86. The molecule has 0 aliphatic carbocycles. The van der Waals surface area contributed by atoms with E-state index in [-0.39, 0.29) is 12.6 Å². The van der Waals surface area contributed by atoms with Crippen molar-refractivity contribution in [3.63, 3.8) is 0 Å². The molecule has 0 bridgehead atoms. The van der Waals surface area contributed by atoms with Crippen LogP contribution in [0.5, 0.6) is 0 Å². The van der Waals surface area contributed by atoms with Crippen molar-refractivity contribution in [1.82, 2.24) is 10.2 Å². The first kappa shape index (κ1) is 15.1. The van der Waals surface area contributed by atoms with E-state index < -0.39 is 11.5 Å². The highest BCUT2D eigenvalue weighted by Gasteiger charge is 2.44. The molecule has 7 nitrogen and oxygen atoms in total. The van der Waals surface area contributed by atoms with Gasteiger partial charge < -0.3 is 24.8 Å². The summed E-state index contributed by atoms with van der Waals surface area (Å²) < 4.78 is 10.2. The predicted octanol–water partition coefficient (Wildman–Crippen LogP) is 0.298. The number of carbonyl (C=O) groups excluding carboxylic acids is 1. The minimum absolute atomic E-state index is 0.0359. The number of nitrogens with zero attached hydrogens (tertiary/aromatic N) is 1. The number of amides is 2. The Labute approximate surface area is 118 Å². The number of ether oxygens (including phenoxy) is 2. The average Bonchev–Trinajstić information content (AvgIpc) is 2.90. The molecule has 2 aliphatic heterocycles. The Morgan fingerprint density at radius 1 is 1.45 bits per heavy atom. The summed E-state index contributed by atoms with van der Waals surface area (Å²) in [4.78, 5) is 25.2. The molecule has 2 fully saturated rings. The lowest BCUT2D eigenvalue weighted by Crippen LogP contribution is -2.59. The molecule has 0 aromatic rings. The fraction of sp³-hybridized carbons (Fsp3) is 0.846. The van der Waals surface area contributed by atoms with Gasteiger partial charge in [-0.05, 0) is 18.8 Å². The van der Waals surface area contributed by atoms with Gasteiger partial charge in [0.15, 0.2) is 5.54 Å². The largest absolute Gasteiger partial charge is 0.479 e. The van der Waals surface area contributed by atoms with Crippen LogP contribution >= 0.6 is 0 Å². The van der Waals surface area contributed by atoms with Crippen LogP contribution in [0, 0.1) is 5.92 Å². The van der Waals surface area contributed by atoms with Crippen LogP contribution in [-0.4, -0.2) is 67.6 Å². The van der Waals surface area contributed by atoms with E-state index >= 15 is 0 Å². The molecule has 0 spiro atoms. The second kappa shape index (κ2) is 6.41. The molecule has 0 saturated carbocycles. The number of carbonyl (C=O) groups is 2. The molecular weight excluding hydrogens is 264 g/mol. The van der Waals surface area contributed by atoms with Crippen LogP contribution in [0.4, 0.5) is 4.79 Å². The fourth-order valence-electron chi connectivity index (χ4n) is 2.71. The molecule has 0 radical (unpaired) electrons. The third kappa shape index (κ3) is 3.21. The number of hydrogen-bond acceptors (Lipinski definition) is 4. The van der Waals surface area contributed by atoms with Crippen LogP contribution in [0.1, 0.15) is 19.3 Å². The minimum atomic E-state index is -1.26. The summed E-state index contributed by atoms with van der Waals surface area (Å²) in [5.74, 6) is -0.551. The number of piperidine rings is 1. The van der Waals surface area contributed by atoms with Crippen molar-refractivity contribution in [3.8, 4) is 0 Å². The second-order valence-electron chi connectivity index (χ2n) is 5.51. The third-order valence-corrected chi connectivity index (χ3v) is 4.08. The van der Waals surface area contributed by atoms with E-state index in [2.05, 4.69) is 5.32 Å². The van der Waals surface area contributed by atoms with Gasteiger partial charge in [0.2, 0.25) is 0 Å². The van der Waals surface area contributed by atoms with Crippen LogP contribution in [0.2, 0.25) is 0 Å². The molecule has 7 heteroatoms. The van der Waals surface area contributed by atoms with Gasteiger partial charge in [0.05, 0.1) is 6.61 Å². The van der Waals surface area contributed by atoms with Crippen molar-refractivity contribution in [1.29, 1.82) is 0 Å². The van der Waals surface area contributed by atoms with E-state index in [4.69, 9.17) is 9.47 Å². The van der Waals surface area contributed by atoms with E-state index in [0.717, 1.165) is 12.8 Å². The van der Waals surface area contributed by atoms with Crippen LogP contribution in [0.15, 0.2) is 0 Å². The number of nitrogens with one attached hydrogen (secondary N) is 1. The lowest BCUT2D eigenvalue weighted by molar-refractivity contribution is -0.144. The first-order valence-corrected chi connectivity index (χ1v) is 6.94. The number of likely N-dealkylation sites (tertiary alicyclic amines) is 1. The van der Waals surface area contributed by atoms with Crippen molar-refractivity contribution >= 4 is 12.0 Å². The van der Waals surface area contributed by atoms with E-state index in [1.54, 1.807) is 12.0 Å². The zero-order valence-electron chi connectivity index (χ0n) is 11.8. The maximum absolute atomic E-state index is 12.2. The Morgan fingerprint density at radius 2 is 2.15 bits per heavy atom. The molecule has 1 atom stereocenters. The Hall–Kier alpha value is -1.34. The van der Waals surface area contributed by atoms with Crippen molar-refractivity contribution in [2.75, 3.05) is 40.0 Å². The lowest BCUT2D eigenvalue weighted by atomic mass is 9.97. The van der Waals surface area contributed by atoms with Crippen molar-refractivity contribution in [2.45, 2.75) is 24.8 Å². The number of carboxylic acid groups (broad SMARTS) is 1. The summed E-state index contributed by atoms with van der Waals surface area (Å²) in [6.07, 6.45) is 2.09. The number of hydrogen-bond donors (Lipinski definition) is 2. The summed E-state index contributed by atoms with van der Waals surface area (Å²) in [5, 5.41) is 11.9. The van der Waals surface area contributed by atoms with Gasteiger partial charge in [0.25, 0.3) is 0 Å². The van der Waals surface area contributed by atoms with Gasteiger partial charge in [-0.1, -0.05) is 0 Å². The van der Waals surface area contributed by atoms with Gasteiger partial charge >= 0.3 is 12.0 Å². The molecule has 2 aliphatic rings. The van der Waals surface area contributed by atoms with Crippen LogP contribution < -0.4 is 5.32 Å². The molecule has 114 valence electrons. The molecule has 2 N–H and O–H groups in total. The van der Waals surface area contributed by atoms with Crippen LogP contribution in [-0.2, 0) is 14.3 Å². The topological polar surface area (TPSA) is 88.1 Å². The highest BCUT2D eigenvalue weighted by Crippen LogP contribution is 2.21. The van der Waals surface area contributed by atoms with E-state index in [9.17, 15) is 14.7 Å². The summed E-state index contributed by atoms with van der Waals surface area (Å²) >= 11 is 0. The van der Waals surface area contributed by atoms with Gasteiger partial charge in [0.1, 0.15) is 0 Å². The maximum Gasteiger partial charge on any atom is 0.332 e. The second-order valence-corrected chi connectivity index (χ2v) is 5.51. The fourth-order valence-corrected chi connectivity index (χ4v) is 2.71. The summed E-state index contributed by atoms with van der Waals surface area (Å²) in [6, 6.07) is -0.311. The first-order chi connectivity index (χ1) is 9.57. The van der Waals surface area contributed by atoms with Gasteiger partial charge in [-0.2, -0.15) is 0 Å². The van der Waals surface area contributed by atoms with E-state index in [1.807, 2.05) is 0 Å². The summed E-state index contributed by atoms with van der Waals surface area (Å²) in [5.41, 5.74) is -1.26. The Morgan fingerprint density at radius 3 is 2.65 bits per heavy atom. The Bertz CT molecular complexity index is 360. The van der Waals surface area contributed by atoms with E-state index in [1.165, 1.54) is 0 Å². The molecule has 20 heavy (non-hydrogen) atoms. The Balaban J connectivity index is 1.87. The van der Waals surface area contributed by atoms with Crippen molar-refractivity contribution in [2.24, 2.45) is 5.92 Å². The van der Waals surface area contributed by atoms with Crippen molar-refractivity contribution < 1.29 is 24.2 Å². The summed E-state index contributed by atoms with van der Waals surface area (Å²) in [6.45, 7) is 2.38. The van der Waals surface area contributed by atoms with Crippen molar-refractivity contribution in [3.05, 3.63) is 0 Å².